The summed E-state index contributed by atoms with van der Waals surface area (Å²) < 4.78 is 0. The van der Waals surface area contributed by atoms with Crippen LogP contribution in [-0.2, 0) is 0 Å². The SMILES string of the molecule is CN1CCCC2CN(C(=O)c3cc(N)n[nH]3)CCC21. The van der Waals surface area contributed by atoms with Crippen LogP contribution < -0.4 is 5.73 Å². The average molecular weight is 263 g/mol. The quantitative estimate of drug-likeness (QED) is 0.775. The Labute approximate surface area is 112 Å². The number of carbonyl (C=O) groups excluding carboxylic acids is 1. The minimum absolute atomic E-state index is 0.0240. The summed E-state index contributed by atoms with van der Waals surface area (Å²) in [5.74, 6) is 1.00. The Morgan fingerprint density at radius 1 is 1.47 bits per heavy atom. The highest BCUT2D eigenvalue weighted by molar-refractivity contribution is 5.93. The summed E-state index contributed by atoms with van der Waals surface area (Å²) in [5.41, 5.74) is 6.05. The van der Waals surface area contributed by atoms with E-state index in [0.29, 0.717) is 23.5 Å². The Morgan fingerprint density at radius 2 is 2.32 bits per heavy atom. The minimum Gasteiger partial charge on any atom is -0.382 e. The van der Waals surface area contributed by atoms with Gasteiger partial charge >= 0.3 is 0 Å². The molecule has 0 aliphatic carbocycles. The van der Waals surface area contributed by atoms with Gasteiger partial charge < -0.3 is 15.5 Å². The molecule has 0 radical (unpaired) electrons. The first-order chi connectivity index (χ1) is 9.15. The minimum atomic E-state index is 0.0240. The fourth-order valence-electron chi connectivity index (χ4n) is 3.45. The third kappa shape index (κ3) is 2.32. The van der Waals surface area contributed by atoms with Crippen molar-refractivity contribution in [3.63, 3.8) is 0 Å². The van der Waals surface area contributed by atoms with E-state index in [9.17, 15) is 4.79 Å². The van der Waals surface area contributed by atoms with Crippen molar-refractivity contribution >= 4 is 11.7 Å². The lowest BCUT2D eigenvalue weighted by atomic mass is 9.84. The number of hydrogen-bond donors (Lipinski definition) is 2. The van der Waals surface area contributed by atoms with E-state index in [1.54, 1.807) is 6.07 Å². The van der Waals surface area contributed by atoms with Crippen molar-refractivity contribution in [1.29, 1.82) is 0 Å². The molecule has 104 valence electrons. The van der Waals surface area contributed by atoms with Crippen molar-refractivity contribution in [3.8, 4) is 0 Å². The number of nitrogens with zero attached hydrogens (tertiary/aromatic N) is 3. The lowest BCUT2D eigenvalue weighted by Gasteiger charge is -2.45. The van der Waals surface area contributed by atoms with Crippen LogP contribution in [0.1, 0.15) is 29.8 Å². The van der Waals surface area contributed by atoms with Gasteiger partial charge in [-0.3, -0.25) is 9.89 Å². The topological polar surface area (TPSA) is 78.2 Å². The zero-order chi connectivity index (χ0) is 13.4. The maximum Gasteiger partial charge on any atom is 0.271 e. The normalized spacial score (nSPS) is 28.2. The van der Waals surface area contributed by atoms with E-state index >= 15 is 0 Å². The predicted octanol–water partition coefficient (Wildman–Crippen LogP) is 0.548. The molecule has 0 saturated carbocycles. The van der Waals surface area contributed by atoms with Gasteiger partial charge in [0.25, 0.3) is 5.91 Å². The van der Waals surface area contributed by atoms with E-state index in [2.05, 4.69) is 22.1 Å². The Hall–Kier alpha value is -1.56. The van der Waals surface area contributed by atoms with Crippen molar-refractivity contribution in [1.82, 2.24) is 20.0 Å². The summed E-state index contributed by atoms with van der Waals surface area (Å²) >= 11 is 0. The molecule has 2 aliphatic rings. The third-order valence-corrected chi connectivity index (χ3v) is 4.46. The van der Waals surface area contributed by atoms with Crippen molar-refractivity contribution in [2.75, 3.05) is 32.4 Å². The number of nitrogens with two attached hydrogens (primary N) is 1. The molecule has 2 saturated heterocycles. The number of H-pyrrole nitrogens is 1. The number of aromatic amines is 1. The average Bonchev–Trinajstić information content (AvgIpc) is 2.84. The fourth-order valence-corrected chi connectivity index (χ4v) is 3.45. The second-order valence-electron chi connectivity index (χ2n) is 5.70. The van der Waals surface area contributed by atoms with E-state index in [0.717, 1.165) is 19.5 Å². The fraction of sp³-hybridized carbons (Fsp3) is 0.692. The van der Waals surface area contributed by atoms with Gasteiger partial charge in [-0.05, 0) is 38.8 Å². The molecule has 6 heteroatoms. The molecule has 0 spiro atoms. The molecule has 1 amide bonds. The molecule has 1 aromatic heterocycles. The van der Waals surface area contributed by atoms with Crippen LogP contribution in [0.3, 0.4) is 0 Å². The van der Waals surface area contributed by atoms with Crippen LogP contribution in [0.2, 0.25) is 0 Å². The maximum atomic E-state index is 12.4. The van der Waals surface area contributed by atoms with E-state index in [1.807, 2.05) is 4.90 Å². The van der Waals surface area contributed by atoms with Gasteiger partial charge in [-0.2, -0.15) is 5.10 Å². The largest absolute Gasteiger partial charge is 0.382 e. The summed E-state index contributed by atoms with van der Waals surface area (Å²) in [6.45, 7) is 2.86. The van der Waals surface area contributed by atoms with Gasteiger partial charge in [-0.15, -0.1) is 0 Å². The van der Waals surface area contributed by atoms with Crippen LogP contribution in [0.5, 0.6) is 0 Å². The molecule has 1 aromatic rings. The number of hydrogen-bond acceptors (Lipinski definition) is 4. The van der Waals surface area contributed by atoms with E-state index in [-0.39, 0.29) is 5.91 Å². The van der Waals surface area contributed by atoms with E-state index in [1.165, 1.54) is 19.4 Å². The van der Waals surface area contributed by atoms with Crippen LogP contribution >= 0.6 is 0 Å². The van der Waals surface area contributed by atoms with Crippen LogP contribution in [0.15, 0.2) is 6.07 Å². The predicted molar refractivity (Wildman–Crippen MR) is 72.7 cm³/mol. The van der Waals surface area contributed by atoms with Crippen molar-refractivity contribution < 1.29 is 4.79 Å². The molecule has 19 heavy (non-hydrogen) atoms. The molecule has 6 nitrogen and oxygen atoms in total. The van der Waals surface area contributed by atoms with Crippen LogP contribution in [0.25, 0.3) is 0 Å². The van der Waals surface area contributed by atoms with Gasteiger partial charge in [0, 0.05) is 25.2 Å². The van der Waals surface area contributed by atoms with Gasteiger partial charge in [-0.1, -0.05) is 0 Å². The number of nitrogens with one attached hydrogen (secondary N) is 1. The van der Waals surface area contributed by atoms with E-state index < -0.39 is 0 Å². The number of likely N-dealkylation sites (tertiary alicyclic amines) is 2. The second kappa shape index (κ2) is 4.85. The van der Waals surface area contributed by atoms with Gasteiger partial charge in [0.1, 0.15) is 11.5 Å². The van der Waals surface area contributed by atoms with Gasteiger partial charge in [-0.25, -0.2) is 0 Å². The van der Waals surface area contributed by atoms with Crippen LogP contribution in [0, 0.1) is 5.92 Å². The Balaban J connectivity index is 1.69. The monoisotopic (exact) mass is 263 g/mol. The lowest BCUT2D eigenvalue weighted by molar-refractivity contribution is 0.0313. The Bertz CT molecular complexity index is 471. The van der Waals surface area contributed by atoms with Crippen molar-refractivity contribution in [2.45, 2.75) is 25.3 Å². The maximum absolute atomic E-state index is 12.4. The molecule has 0 bridgehead atoms. The molecule has 0 aromatic carbocycles. The molecule has 3 rings (SSSR count). The summed E-state index contributed by atoms with van der Waals surface area (Å²) in [6.07, 6.45) is 3.52. The molecule has 3 N–H and O–H groups in total. The molecule has 2 aliphatic heterocycles. The first-order valence-corrected chi connectivity index (χ1v) is 6.95. The molecular weight excluding hydrogens is 242 g/mol. The second-order valence-corrected chi connectivity index (χ2v) is 5.70. The smallest absolute Gasteiger partial charge is 0.271 e. The highest BCUT2D eigenvalue weighted by atomic mass is 16.2. The first kappa shape index (κ1) is 12.5. The van der Waals surface area contributed by atoms with E-state index in [4.69, 9.17) is 5.73 Å². The molecule has 2 atom stereocenters. The van der Waals surface area contributed by atoms with Gasteiger partial charge in [0.2, 0.25) is 0 Å². The highest BCUT2D eigenvalue weighted by Crippen LogP contribution is 2.30. The van der Waals surface area contributed by atoms with Gasteiger partial charge in [0.15, 0.2) is 0 Å². The number of nitrogen functional groups attached to an aromatic ring is 1. The zero-order valence-corrected chi connectivity index (χ0v) is 11.3. The number of fused-ring (bicyclic) bond motifs is 1. The number of carbonyl (C=O) groups is 1. The Morgan fingerprint density at radius 3 is 3.05 bits per heavy atom. The molecule has 2 fully saturated rings. The number of aromatic nitrogens is 2. The van der Waals surface area contributed by atoms with Crippen LogP contribution in [-0.4, -0.2) is 58.6 Å². The standard InChI is InChI=1S/C13H21N5O/c1-17-5-2-3-9-8-18(6-4-11(9)17)13(19)10-7-12(14)16-15-10/h7,9,11H,2-6,8H2,1H3,(H3,14,15,16). The zero-order valence-electron chi connectivity index (χ0n) is 11.3. The van der Waals surface area contributed by atoms with Crippen molar-refractivity contribution in [2.24, 2.45) is 5.92 Å². The molecular formula is C13H21N5O. The first-order valence-electron chi connectivity index (χ1n) is 6.95. The van der Waals surface area contributed by atoms with Gasteiger partial charge in [0.05, 0.1) is 0 Å². The number of piperidine rings is 2. The summed E-state index contributed by atoms with van der Waals surface area (Å²) in [5, 5.41) is 6.53. The molecule has 3 heterocycles. The number of rotatable bonds is 1. The highest BCUT2D eigenvalue weighted by Gasteiger charge is 2.36. The number of amides is 1. The summed E-state index contributed by atoms with van der Waals surface area (Å²) in [4.78, 5) is 16.7. The third-order valence-electron chi connectivity index (χ3n) is 4.46. The summed E-state index contributed by atoms with van der Waals surface area (Å²) in [6, 6.07) is 2.26. The van der Waals surface area contributed by atoms with Crippen LogP contribution in [0.4, 0.5) is 5.82 Å². The van der Waals surface area contributed by atoms with Crippen molar-refractivity contribution in [3.05, 3.63) is 11.8 Å². The number of anilines is 1. The lowest BCUT2D eigenvalue weighted by Crippen LogP contribution is -2.53. The Kier molecular flexibility index (Phi) is 3.18. The summed E-state index contributed by atoms with van der Waals surface area (Å²) in [7, 11) is 2.20. The molecule has 2 unspecified atom stereocenters.